The molecule has 5 nitrogen and oxygen atoms in total. The van der Waals surface area contributed by atoms with Crippen LogP contribution in [0.1, 0.15) is 27.2 Å². The van der Waals surface area contributed by atoms with Crippen LogP contribution in [-0.4, -0.2) is 64.5 Å². The van der Waals surface area contributed by atoms with Gasteiger partial charge >= 0.3 is 6.15 Å². The molecule has 0 heterocycles. The van der Waals surface area contributed by atoms with Crippen LogP contribution in [0.4, 0.5) is 0 Å². The van der Waals surface area contributed by atoms with Gasteiger partial charge in [0.05, 0.1) is 6.61 Å². The molecule has 0 atom stereocenters. The minimum atomic E-state index is 0.250. The molecule has 0 saturated carbocycles. The third-order valence-electron chi connectivity index (χ3n) is 0.895. The van der Waals surface area contributed by atoms with Crippen LogP contribution in [0, 0.1) is 0 Å². The number of rotatable bonds is 5. The van der Waals surface area contributed by atoms with Gasteiger partial charge in [-0.2, -0.15) is 14.5 Å². The normalized spacial score (nSPS) is 5.57. The molecule has 0 bridgehead atoms. The summed E-state index contributed by atoms with van der Waals surface area (Å²) in [7, 11) is 19.7. The van der Waals surface area contributed by atoms with Crippen LogP contribution >= 0.6 is 0 Å². The molecule has 10 heteroatoms. The van der Waals surface area contributed by atoms with Gasteiger partial charge in [-0.1, -0.05) is 25.3 Å². The van der Waals surface area contributed by atoms with Crippen molar-refractivity contribution in [2.24, 2.45) is 0 Å². The van der Waals surface area contributed by atoms with Gasteiger partial charge in [0.1, 0.15) is 0 Å². The number of ether oxygens (including phenoxy) is 1. The van der Waals surface area contributed by atoms with Crippen LogP contribution in [0.5, 0.6) is 0 Å². The van der Waals surface area contributed by atoms with E-state index in [-0.39, 0.29) is 6.15 Å². The van der Waals surface area contributed by atoms with E-state index in [9.17, 15) is 0 Å². The van der Waals surface area contributed by atoms with Crippen molar-refractivity contribution in [2.45, 2.75) is 27.2 Å². The molecule has 0 unspecified atom stereocenters. The molecule has 0 N–H and O–H groups in total. The Kier molecular flexibility index (Phi) is 140. The maximum absolute atomic E-state index is 8.12. The Morgan fingerprint density at radius 3 is 1.57 bits per heavy atom. The van der Waals surface area contributed by atoms with E-state index in [4.69, 9.17) is 9.59 Å². The highest BCUT2D eigenvalue weighted by atomic mass is 17.2. The van der Waals surface area contributed by atoms with E-state index >= 15 is 0 Å². The monoisotopic (exact) mass is 315 g/mol. The maximum Gasteiger partial charge on any atom is 0.373 e. The van der Waals surface area contributed by atoms with Crippen LogP contribution < -0.4 is 0 Å². The molecule has 9 radical (unpaired) electrons. The van der Waals surface area contributed by atoms with Crippen molar-refractivity contribution in [2.75, 3.05) is 20.3 Å². The topological polar surface area (TPSA) is 61.8 Å². The Morgan fingerprint density at radius 2 is 1.43 bits per heavy atom. The molecule has 23 heavy (non-hydrogen) atoms. The minimum Gasteiger partial charge on any atom is -0.385 e. The number of allylic oxidation sites excluding steroid dienone is 1. The molecular formula is C13H24B5O5. The number of hydrogen-bond acceptors (Lipinski definition) is 5. The fourth-order valence-electron chi connectivity index (χ4n) is 0.136. The summed E-state index contributed by atoms with van der Waals surface area (Å²) in [6, 6.07) is 0. The SMILES string of the molecule is C=C=COOCC.C=CCC.CCOC.O=C=O.[B][B].[B][B][B]. The lowest BCUT2D eigenvalue weighted by molar-refractivity contribution is -0.244. The van der Waals surface area contributed by atoms with Gasteiger partial charge < -0.3 is 9.62 Å². The molecule has 121 valence electrons. The van der Waals surface area contributed by atoms with Gasteiger partial charge in [0.2, 0.25) is 0 Å². The lowest BCUT2D eigenvalue weighted by atomic mass is 9.40. The van der Waals surface area contributed by atoms with Gasteiger partial charge in [0.25, 0.3) is 0 Å². The molecule has 0 aromatic heterocycles. The quantitative estimate of drug-likeness (QED) is 0.144. The highest BCUT2D eigenvalue weighted by molar-refractivity contribution is 7.17. The second-order valence-corrected chi connectivity index (χ2v) is 2.37. The Balaban J connectivity index is -0.0000000399. The first-order chi connectivity index (χ1) is 11.1. The van der Waals surface area contributed by atoms with Gasteiger partial charge in [0, 0.05) is 51.7 Å². The summed E-state index contributed by atoms with van der Waals surface area (Å²) in [6.07, 6.45) is 4.46. The van der Waals surface area contributed by atoms with Gasteiger partial charge in [-0.25, -0.2) is 0 Å². The summed E-state index contributed by atoms with van der Waals surface area (Å²) in [5.41, 5.74) is 2.38. The highest BCUT2D eigenvalue weighted by Crippen LogP contribution is 1.74. The van der Waals surface area contributed by atoms with Crippen molar-refractivity contribution in [1.29, 1.82) is 0 Å². The zero-order valence-corrected chi connectivity index (χ0v) is 14.6. The lowest BCUT2D eigenvalue weighted by Gasteiger charge is -1.89. The summed E-state index contributed by atoms with van der Waals surface area (Å²) >= 11 is 0. The van der Waals surface area contributed by atoms with Crippen LogP contribution in [0.2, 0.25) is 0 Å². The largest absolute Gasteiger partial charge is 0.385 e. The van der Waals surface area contributed by atoms with Crippen molar-refractivity contribution in [1.82, 2.24) is 0 Å². The van der Waals surface area contributed by atoms with Gasteiger partial charge in [-0.3, -0.25) is 0 Å². The molecule has 0 aliphatic heterocycles. The van der Waals surface area contributed by atoms with Crippen LogP contribution in [0.3, 0.4) is 0 Å². The fraction of sp³-hybridized carbons (Fsp3) is 0.538. The number of hydrogen-bond donors (Lipinski definition) is 0. The van der Waals surface area contributed by atoms with Gasteiger partial charge in [-0.05, 0) is 20.3 Å². The second-order valence-electron chi connectivity index (χ2n) is 2.37. The second kappa shape index (κ2) is 85.5. The van der Waals surface area contributed by atoms with Crippen molar-refractivity contribution in [3.63, 3.8) is 0 Å². The summed E-state index contributed by atoms with van der Waals surface area (Å²) in [5.74, 6) is 0. The first-order valence-corrected chi connectivity index (χ1v) is 6.38. The van der Waals surface area contributed by atoms with Gasteiger partial charge in [-0.15, -0.1) is 6.58 Å². The molecule has 0 aliphatic carbocycles. The fourth-order valence-corrected chi connectivity index (χ4v) is 0.136. The van der Waals surface area contributed by atoms with E-state index in [0.717, 1.165) is 20.1 Å². The van der Waals surface area contributed by atoms with Crippen molar-refractivity contribution < 1.29 is 24.1 Å². The molecule has 0 aliphatic rings. The Morgan fingerprint density at radius 1 is 1.13 bits per heavy atom. The van der Waals surface area contributed by atoms with E-state index in [1.54, 1.807) is 7.11 Å². The lowest BCUT2D eigenvalue weighted by Crippen LogP contribution is -1.82. The zero-order valence-electron chi connectivity index (χ0n) is 14.6. The maximum atomic E-state index is 8.12. The van der Waals surface area contributed by atoms with Crippen LogP contribution in [-0.2, 0) is 24.1 Å². The Labute approximate surface area is 147 Å². The molecular weight excluding hydrogens is 290 g/mol. The Hall–Kier alpha value is -1.32. The summed E-state index contributed by atoms with van der Waals surface area (Å²) in [4.78, 5) is 25.0. The van der Waals surface area contributed by atoms with Crippen molar-refractivity contribution in [3.05, 3.63) is 31.2 Å². The molecule has 0 aromatic carbocycles. The predicted octanol–water partition coefficient (Wildman–Crippen LogP) is 1.00. The Bertz CT molecular complexity index is 229. The molecule has 0 spiro atoms. The average molecular weight is 314 g/mol. The van der Waals surface area contributed by atoms with Crippen molar-refractivity contribution in [3.8, 4) is 0 Å². The standard InChI is InChI=1S/C5H8O2.C4H8.C3H8O.CO2.B3.B2/c1-3-5-7-6-4-2;2*1-3-4-2;2-1-3;1-3-2;1-2/h5H,1,4H2,2H3;3H,1,4H2,2H3;3H2,1-2H3;;;. The number of carbonyl (C=O) groups excluding carboxylic acids is 2. The molecule has 0 aromatic rings. The molecule has 0 amide bonds. The van der Waals surface area contributed by atoms with E-state index in [1.807, 2.05) is 19.9 Å². The highest BCUT2D eigenvalue weighted by Gasteiger charge is 1.68. The van der Waals surface area contributed by atoms with Crippen LogP contribution in [0.25, 0.3) is 0 Å². The summed E-state index contributed by atoms with van der Waals surface area (Å²) in [5, 5.41) is 0. The third-order valence-corrected chi connectivity index (χ3v) is 0.895. The summed E-state index contributed by atoms with van der Waals surface area (Å²) in [6.45, 7) is 13.9. The van der Waals surface area contributed by atoms with E-state index in [2.05, 4.69) is 71.3 Å². The smallest absolute Gasteiger partial charge is 0.373 e. The van der Waals surface area contributed by atoms with E-state index in [1.165, 1.54) is 6.26 Å². The minimum absolute atomic E-state index is 0.250. The number of methoxy groups -OCH3 is 1. The first-order valence-electron chi connectivity index (χ1n) is 6.38. The molecule has 0 saturated heterocycles. The zero-order chi connectivity index (χ0) is 19.8. The molecule has 0 rings (SSSR count). The van der Waals surface area contributed by atoms with Gasteiger partial charge in [0.15, 0.2) is 6.26 Å². The van der Waals surface area contributed by atoms with Crippen LogP contribution in [0.15, 0.2) is 31.2 Å². The van der Waals surface area contributed by atoms with E-state index in [0.29, 0.717) is 6.61 Å². The van der Waals surface area contributed by atoms with E-state index < -0.39 is 0 Å². The summed E-state index contributed by atoms with van der Waals surface area (Å²) < 4.78 is 4.54. The van der Waals surface area contributed by atoms with Crippen molar-refractivity contribution >= 4 is 44.2 Å². The average Bonchev–Trinajstić information content (AvgIpc) is 2.59. The first kappa shape index (κ1) is 37.7. The predicted molar refractivity (Wildman–Crippen MR) is 98.2 cm³/mol. The third kappa shape index (κ3) is 329. The molecule has 0 fully saturated rings.